The van der Waals surface area contributed by atoms with Crippen LogP contribution in [-0.4, -0.2) is 20.4 Å². The quantitative estimate of drug-likeness (QED) is 0.404. The Morgan fingerprint density at radius 2 is 1.09 bits per heavy atom. The molecule has 0 amide bonds. The van der Waals surface area contributed by atoms with Gasteiger partial charge in [-0.1, -0.05) is 0 Å². The fourth-order valence-electron chi connectivity index (χ4n) is 2.26. The lowest BCUT2D eigenvalue weighted by Crippen LogP contribution is -2.48. The van der Waals surface area contributed by atoms with Crippen LogP contribution >= 0.6 is 0 Å². The van der Waals surface area contributed by atoms with Crippen LogP contribution in [0.5, 0.6) is 11.5 Å². The lowest BCUT2D eigenvalue weighted by Gasteiger charge is -2.08. The van der Waals surface area contributed by atoms with E-state index in [0.717, 1.165) is 13.8 Å². The number of fused-ring (bicyclic) bond motifs is 1. The van der Waals surface area contributed by atoms with Gasteiger partial charge < -0.3 is 20.4 Å². The predicted octanol–water partition coefficient (Wildman–Crippen LogP) is -2.11. The first-order chi connectivity index (χ1) is 10.1. The molecule has 0 aromatic heterocycles. The van der Waals surface area contributed by atoms with Crippen molar-refractivity contribution >= 4 is 11.5 Å². The Labute approximate surface area is 120 Å². The molecule has 0 unspecified atom stereocenters. The van der Waals surface area contributed by atoms with Gasteiger partial charge in [-0.25, -0.2) is 0 Å². The summed E-state index contributed by atoms with van der Waals surface area (Å²) in [6.45, 7) is 2.02. The van der Waals surface area contributed by atoms with E-state index in [2.05, 4.69) is 0 Å². The molecule has 0 saturated heterocycles. The summed E-state index contributed by atoms with van der Waals surface area (Å²) in [7, 11) is 0. The molecule has 22 heavy (non-hydrogen) atoms. The van der Waals surface area contributed by atoms with Crippen LogP contribution < -0.4 is 32.2 Å². The lowest BCUT2D eigenvalue weighted by atomic mass is 9.96. The number of hydrogen-bond acceptors (Lipinski definition) is 8. The van der Waals surface area contributed by atoms with Crippen molar-refractivity contribution in [1.29, 1.82) is 0 Å². The van der Waals surface area contributed by atoms with Crippen molar-refractivity contribution in [2.75, 3.05) is 0 Å². The van der Waals surface area contributed by atoms with Gasteiger partial charge in [0.2, 0.25) is 21.7 Å². The van der Waals surface area contributed by atoms with E-state index in [1.54, 1.807) is 0 Å². The molecule has 0 atom stereocenters. The molecule has 0 saturated carbocycles. The Bertz CT molecular complexity index is 1090. The molecule has 0 aliphatic heterocycles. The summed E-state index contributed by atoms with van der Waals surface area (Å²) >= 11 is 0. The molecular formula is C14H10O8. The van der Waals surface area contributed by atoms with Gasteiger partial charge in [-0.3, -0.25) is 19.2 Å². The Morgan fingerprint density at radius 3 is 1.55 bits per heavy atom. The SMILES string of the molecule is C/C(O)=c1/c(O)c2c(=O)/c(=C(/C)O)c(=O)c(O)c-2c(=O)c1=O. The van der Waals surface area contributed by atoms with Gasteiger partial charge in [0.1, 0.15) is 27.7 Å². The first-order valence-corrected chi connectivity index (χ1v) is 5.96. The lowest BCUT2D eigenvalue weighted by molar-refractivity contribution is 0.451. The number of aromatic hydroxyl groups is 2. The average Bonchev–Trinajstić information content (AvgIpc) is 2.39. The van der Waals surface area contributed by atoms with Gasteiger partial charge in [0, 0.05) is 0 Å². The minimum atomic E-state index is -1.41. The van der Waals surface area contributed by atoms with Crippen LogP contribution in [0.2, 0.25) is 0 Å². The molecule has 0 bridgehead atoms. The van der Waals surface area contributed by atoms with Crippen LogP contribution in [0.25, 0.3) is 22.6 Å². The van der Waals surface area contributed by atoms with Crippen molar-refractivity contribution in [3.05, 3.63) is 51.3 Å². The van der Waals surface area contributed by atoms with E-state index in [-0.39, 0.29) is 0 Å². The van der Waals surface area contributed by atoms with Crippen LogP contribution in [0.4, 0.5) is 0 Å². The van der Waals surface area contributed by atoms with Crippen molar-refractivity contribution in [2.45, 2.75) is 13.8 Å². The molecule has 0 aromatic carbocycles. The Balaban J connectivity index is 3.56. The summed E-state index contributed by atoms with van der Waals surface area (Å²) in [5.41, 5.74) is -7.08. The van der Waals surface area contributed by atoms with Crippen LogP contribution in [0, 0.1) is 0 Å². The normalized spacial score (nSPS) is 14.1. The third-order valence-corrected chi connectivity index (χ3v) is 3.24. The zero-order valence-electron chi connectivity index (χ0n) is 11.4. The highest BCUT2D eigenvalue weighted by atomic mass is 16.3. The summed E-state index contributed by atoms with van der Waals surface area (Å²) in [4.78, 5) is 47.8. The van der Waals surface area contributed by atoms with Gasteiger partial charge in [0.15, 0.2) is 5.75 Å². The average molecular weight is 306 g/mol. The molecule has 4 N–H and O–H groups in total. The first-order valence-electron chi connectivity index (χ1n) is 5.96. The molecule has 8 heteroatoms. The number of aliphatic hydroxyl groups excluding tert-OH is 2. The van der Waals surface area contributed by atoms with Crippen molar-refractivity contribution < 1.29 is 20.4 Å². The van der Waals surface area contributed by atoms with Crippen LogP contribution in [0.3, 0.4) is 0 Å². The zero-order valence-corrected chi connectivity index (χ0v) is 11.4. The van der Waals surface area contributed by atoms with Crippen LogP contribution in [0.15, 0.2) is 19.2 Å². The molecule has 0 radical (unpaired) electrons. The summed E-state index contributed by atoms with van der Waals surface area (Å²) in [6.07, 6.45) is 0. The van der Waals surface area contributed by atoms with Crippen molar-refractivity contribution in [3.63, 3.8) is 0 Å². The number of hydrogen-bond donors (Lipinski definition) is 4. The van der Waals surface area contributed by atoms with Gasteiger partial charge in [0.25, 0.3) is 0 Å². The fourth-order valence-corrected chi connectivity index (χ4v) is 2.26. The highest BCUT2D eigenvalue weighted by Crippen LogP contribution is 2.24. The van der Waals surface area contributed by atoms with Crippen LogP contribution in [0.1, 0.15) is 13.8 Å². The molecule has 114 valence electrons. The minimum Gasteiger partial charge on any atom is -0.512 e. The van der Waals surface area contributed by atoms with E-state index in [4.69, 9.17) is 0 Å². The van der Waals surface area contributed by atoms with E-state index in [1.165, 1.54) is 0 Å². The number of rotatable bonds is 0. The molecule has 2 aliphatic carbocycles. The molecule has 0 spiro atoms. The van der Waals surface area contributed by atoms with E-state index >= 15 is 0 Å². The Morgan fingerprint density at radius 1 is 0.636 bits per heavy atom. The van der Waals surface area contributed by atoms with E-state index in [0.29, 0.717) is 0 Å². The van der Waals surface area contributed by atoms with Gasteiger partial charge in [-0.05, 0) is 13.8 Å². The van der Waals surface area contributed by atoms with E-state index < -0.39 is 66.3 Å². The number of phenolic OH excluding ortho intramolecular Hbond substituents is 2. The van der Waals surface area contributed by atoms with Crippen molar-refractivity contribution in [3.8, 4) is 22.6 Å². The molecule has 0 fully saturated rings. The molecule has 0 aromatic rings. The van der Waals surface area contributed by atoms with Crippen LogP contribution in [-0.2, 0) is 0 Å². The molecule has 2 rings (SSSR count). The standard InChI is InChI=1S/C14H10O8/c1-3(15)5-9(17)7-8(13(21)11(5)19)14(22)12(20)6(4(2)16)10(7)18/h15-17,22H,1-2H3/b5-3+,6-4+. The second kappa shape index (κ2) is 4.69. The zero-order chi connectivity index (χ0) is 16.9. The smallest absolute Gasteiger partial charge is 0.240 e. The van der Waals surface area contributed by atoms with Gasteiger partial charge >= 0.3 is 0 Å². The number of phenols is 2. The summed E-state index contributed by atoms with van der Waals surface area (Å²) in [5, 5.41) is 36.9. The maximum absolute atomic E-state index is 12.2. The topological polar surface area (TPSA) is 149 Å². The highest BCUT2D eigenvalue weighted by molar-refractivity contribution is 5.78. The maximum Gasteiger partial charge on any atom is 0.240 e. The highest BCUT2D eigenvalue weighted by Gasteiger charge is 2.28. The van der Waals surface area contributed by atoms with Gasteiger partial charge in [-0.15, -0.1) is 0 Å². The van der Waals surface area contributed by atoms with Crippen molar-refractivity contribution in [2.24, 2.45) is 0 Å². The second-order valence-corrected chi connectivity index (χ2v) is 4.68. The Hall–Kier alpha value is -3.16. The fraction of sp³-hybridized carbons (Fsp3) is 0.143. The van der Waals surface area contributed by atoms with Gasteiger partial charge in [0.05, 0.1) is 11.1 Å². The summed E-state index contributed by atoms with van der Waals surface area (Å²) in [6, 6.07) is 0. The largest absolute Gasteiger partial charge is 0.512 e. The van der Waals surface area contributed by atoms with E-state index in [1.807, 2.05) is 0 Å². The predicted molar refractivity (Wildman–Crippen MR) is 76.5 cm³/mol. The molecule has 2 aliphatic rings. The maximum atomic E-state index is 12.2. The summed E-state index contributed by atoms with van der Waals surface area (Å²) in [5.74, 6) is -3.70. The molecule has 8 nitrogen and oxygen atoms in total. The molecule has 0 heterocycles. The third kappa shape index (κ3) is 1.77. The van der Waals surface area contributed by atoms with E-state index in [9.17, 15) is 39.6 Å². The molecular weight excluding hydrogens is 296 g/mol. The van der Waals surface area contributed by atoms with Gasteiger partial charge in [-0.2, -0.15) is 0 Å². The first kappa shape index (κ1) is 15.2. The Kier molecular flexibility index (Phi) is 3.25. The second-order valence-electron chi connectivity index (χ2n) is 4.68. The third-order valence-electron chi connectivity index (χ3n) is 3.24. The monoisotopic (exact) mass is 306 g/mol. The number of aliphatic hydroxyl groups is 2. The van der Waals surface area contributed by atoms with Crippen molar-refractivity contribution in [1.82, 2.24) is 0 Å². The number of benzene rings is 2. The summed E-state index contributed by atoms with van der Waals surface area (Å²) < 4.78 is 0. The minimum absolute atomic E-state index is 0.710.